The van der Waals surface area contributed by atoms with E-state index in [4.69, 9.17) is 20.9 Å². The molecular weight excluding hydrogens is 276 g/mol. The maximum absolute atomic E-state index is 5.67. The summed E-state index contributed by atoms with van der Waals surface area (Å²) >= 11 is 5.67. The molecule has 0 fully saturated rings. The fourth-order valence-electron chi connectivity index (χ4n) is 2.18. The Bertz CT molecular complexity index is 740. The van der Waals surface area contributed by atoms with Crippen molar-refractivity contribution >= 4 is 22.4 Å². The van der Waals surface area contributed by atoms with Crippen LogP contribution in [-0.2, 0) is 12.3 Å². The van der Waals surface area contributed by atoms with E-state index in [0.29, 0.717) is 18.1 Å². The van der Waals surface area contributed by atoms with Crippen LogP contribution in [0.5, 0.6) is 5.75 Å². The fraction of sp³-hybridized carbons (Fsp3) is 0.200. The van der Waals surface area contributed by atoms with Crippen LogP contribution in [0.2, 0.25) is 0 Å². The molecule has 0 aliphatic heterocycles. The van der Waals surface area contributed by atoms with Crippen LogP contribution in [0.4, 0.5) is 0 Å². The SMILES string of the molecule is COc1ccc2cccc(Cc3noc(CCl)n3)c2c1. The number of rotatable bonds is 4. The third kappa shape index (κ3) is 2.47. The Morgan fingerprint density at radius 2 is 2.15 bits per heavy atom. The van der Waals surface area contributed by atoms with E-state index in [9.17, 15) is 0 Å². The molecule has 20 heavy (non-hydrogen) atoms. The van der Waals surface area contributed by atoms with E-state index in [-0.39, 0.29) is 5.88 Å². The summed E-state index contributed by atoms with van der Waals surface area (Å²) in [7, 11) is 1.66. The van der Waals surface area contributed by atoms with Crippen molar-refractivity contribution in [3.8, 4) is 5.75 Å². The van der Waals surface area contributed by atoms with Crippen molar-refractivity contribution in [3.63, 3.8) is 0 Å². The lowest BCUT2D eigenvalue weighted by molar-refractivity contribution is 0.385. The standard InChI is InChI=1S/C15H13ClN2O2/c1-19-12-6-5-10-3-2-4-11(13(10)8-12)7-14-17-15(9-16)20-18-14/h2-6,8H,7,9H2,1H3. The van der Waals surface area contributed by atoms with Crippen molar-refractivity contribution in [2.45, 2.75) is 12.3 Å². The molecule has 0 saturated carbocycles. The molecule has 4 nitrogen and oxygen atoms in total. The Morgan fingerprint density at radius 3 is 2.90 bits per heavy atom. The molecule has 0 unspecified atom stereocenters. The molecule has 2 aromatic carbocycles. The summed E-state index contributed by atoms with van der Waals surface area (Å²) in [4.78, 5) is 4.23. The highest BCUT2D eigenvalue weighted by atomic mass is 35.5. The summed E-state index contributed by atoms with van der Waals surface area (Å²) in [6.07, 6.45) is 0.602. The molecule has 0 N–H and O–H groups in total. The number of fused-ring (bicyclic) bond motifs is 1. The lowest BCUT2D eigenvalue weighted by Gasteiger charge is -2.06. The smallest absolute Gasteiger partial charge is 0.241 e. The van der Waals surface area contributed by atoms with Gasteiger partial charge in [-0.15, -0.1) is 11.6 Å². The van der Waals surface area contributed by atoms with E-state index >= 15 is 0 Å². The van der Waals surface area contributed by atoms with E-state index in [1.54, 1.807) is 7.11 Å². The second kappa shape index (κ2) is 5.51. The average molecular weight is 289 g/mol. The molecule has 0 radical (unpaired) electrons. The molecule has 1 heterocycles. The Kier molecular flexibility index (Phi) is 3.56. The van der Waals surface area contributed by atoms with E-state index in [2.05, 4.69) is 22.3 Å². The molecule has 3 aromatic rings. The third-order valence-electron chi connectivity index (χ3n) is 3.15. The zero-order valence-corrected chi connectivity index (χ0v) is 11.7. The van der Waals surface area contributed by atoms with Crippen LogP contribution >= 0.6 is 11.6 Å². The normalized spacial score (nSPS) is 10.9. The monoisotopic (exact) mass is 288 g/mol. The number of alkyl halides is 1. The molecule has 102 valence electrons. The maximum atomic E-state index is 5.67. The third-order valence-corrected chi connectivity index (χ3v) is 3.38. The highest BCUT2D eigenvalue weighted by Gasteiger charge is 2.09. The number of hydrogen-bond acceptors (Lipinski definition) is 4. The van der Waals surface area contributed by atoms with Gasteiger partial charge in [-0.05, 0) is 28.5 Å². The van der Waals surface area contributed by atoms with Crippen LogP contribution in [0, 0.1) is 0 Å². The summed E-state index contributed by atoms with van der Waals surface area (Å²) in [6, 6.07) is 12.2. The van der Waals surface area contributed by atoms with Gasteiger partial charge >= 0.3 is 0 Å². The first-order valence-corrected chi connectivity index (χ1v) is 6.76. The Morgan fingerprint density at radius 1 is 1.25 bits per heavy atom. The zero-order valence-electron chi connectivity index (χ0n) is 11.0. The zero-order chi connectivity index (χ0) is 13.9. The summed E-state index contributed by atoms with van der Waals surface area (Å²) in [5.41, 5.74) is 1.13. The number of aromatic nitrogens is 2. The lowest BCUT2D eigenvalue weighted by Crippen LogP contribution is -1.93. The van der Waals surface area contributed by atoms with Crippen molar-refractivity contribution in [3.05, 3.63) is 53.7 Å². The molecule has 5 heteroatoms. The highest BCUT2D eigenvalue weighted by Crippen LogP contribution is 2.25. The van der Waals surface area contributed by atoms with Crippen LogP contribution < -0.4 is 4.74 Å². The number of hydrogen-bond donors (Lipinski definition) is 0. The van der Waals surface area contributed by atoms with Gasteiger partial charge in [-0.1, -0.05) is 29.4 Å². The number of nitrogens with zero attached hydrogens (tertiary/aromatic N) is 2. The van der Waals surface area contributed by atoms with E-state index in [1.165, 1.54) is 0 Å². The van der Waals surface area contributed by atoms with Crippen molar-refractivity contribution in [1.29, 1.82) is 0 Å². The summed E-state index contributed by atoms with van der Waals surface area (Å²) in [5.74, 6) is 2.14. The number of ether oxygens (including phenoxy) is 1. The van der Waals surface area contributed by atoms with Gasteiger partial charge < -0.3 is 9.26 Å². The van der Waals surface area contributed by atoms with Gasteiger partial charge in [-0.3, -0.25) is 0 Å². The van der Waals surface area contributed by atoms with E-state index < -0.39 is 0 Å². The van der Waals surface area contributed by atoms with Gasteiger partial charge in [0.1, 0.15) is 11.6 Å². The maximum Gasteiger partial charge on any atom is 0.241 e. The average Bonchev–Trinajstić information content (AvgIpc) is 2.95. The van der Waals surface area contributed by atoms with Gasteiger partial charge in [0.25, 0.3) is 0 Å². The minimum Gasteiger partial charge on any atom is -0.497 e. The number of halogens is 1. The van der Waals surface area contributed by atoms with Crippen LogP contribution in [0.3, 0.4) is 0 Å². The van der Waals surface area contributed by atoms with Crippen molar-refractivity contribution in [2.75, 3.05) is 7.11 Å². The minimum absolute atomic E-state index is 0.233. The van der Waals surface area contributed by atoms with Crippen LogP contribution in [0.15, 0.2) is 40.9 Å². The Hall–Kier alpha value is -2.07. The molecular formula is C15H13ClN2O2. The molecule has 0 aliphatic carbocycles. The number of methoxy groups -OCH3 is 1. The first kappa shape index (κ1) is 12.9. The van der Waals surface area contributed by atoms with Gasteiger partial charge in [0, 0.05) is 6.42 Å². The van der Waals surface area contributed by atoms with Gasteiger partial charge in [0.2, 0.25) is 5.89 Å². The molecule has 0 aliphatic rings. The van der Waals surface area contributed by atoms with E-state index in [0.717, 1.165) is 22.1 Å². The number of benzene rings is 2. The molecule has 1 aromatic heterocycles. The molecule has 0 saturated heterocycles. The minimum atomic E-state index is 0.233. The van der Waals surface area contributed by atoms with Gasteiger partial charge in [-0.25, -0.2) is 0 Å². The van der Waals surface area contributed by atoms with Gasteiger partial charge in [0.05, 0.1) is 7.11 Å². The molecule has 0 bridgehead atoms. The van der Waals surface area contributed by atoms with Gasteiger partial charge in [-0.2, -0.15) is 4.98 Å². The van der Waals surface area contributed by atoms with Crippen molar-refractivity contribution in [2.24, 2.45) is 0 Å². The topological polar surface area (TPSA) is 48.2 Å². The first-order chi connectivity index (χ1) is 9.80. The quantitative estimate of drug-likeness (QED) is 0.689. The summed E-state index contributed by atoms with van der Waals surface area (Å²) in [5, 5.41) is 6.22. The van der Waals surface area contributed by atoms with Gasteiger partial charge in [0.15, 0.2) is 5.82 Å². The second-order valence-corrected chi connectivity index (χ2v) is 4.69. The molecule has 0 atom stereocenters. The largest absolute Gasteiger partial charge is 0.497 e. The van der Waals surface area contributed by atoms with E-state index in [1.807, 2.05) is 24.3 Å². The Labute approximate surface area is 121 Å². The van der Waals surface area contributed by atoms with Crippen LogP contribution in [0.1, 0.15) is 17.3 Å². The van der Waals surface area contributed by atoms with Crippen LogP contribution in [-0.4, -0.2) is 17.3 Å². The fourth-order valence-corrected chi connectivity index (χ4v) is 2.29. The summed E-state index contributed by atoms with van der Waals surface area (Å²) < 4.78 is 10.3. The second-order valence-electron chi connectivity index (χ2n) is 4.42. The Balaban J connectivity index is 2.01. The predicted molar refractivity (Wildman–Crippen MR) is 77.2 cm³/mol. The predicted octanol–water partition coefficient (Wildman–Crippen LogP) is 3.56. The molecule has 0 amide bonds. The molecule has 3 rings (SSSR count). The first-order valence-electron chi connectivity index (χ1n) is 6.23. The van der Waals surface area contributed by atoms with Crippen LogP contribution in [0.25, 0.3) is 10.8 Å². The van der Waals surface area contributed by atoms with Crippen molar-refractivity contribution < 1.29 is 9.26 Å². The summed E-state index contributed by atoms with van der Waals surface area (Å²) in [6.45, 7) is 0. The molecule has 0 spiro atoms. The highest BCUT2D eigenvalue weighted by molar-refractivity contribution is 6.16. The lowest BCUT2D eigenvalue weighted by atomic mass is 10.0. The van der Waals surface area contributed by atoms with Crippen molar-refractivity contribution in [1.82, 2.24) is 10.1 Å².